The van der Waals surface area contributed by atoms with Crippen LogP contribution >= 0.6 is 15.6 Å². The minimum Gasteiger partial charge on any atom is -0.462 e. The monoisotopic (exact) mass is 1470 g/mol. The summed E-state index contributed by atoms with van der Waals surface area (Å²) in [4.78, 5) is 73.0. The number of aliphatic hydroxyl groups is 1. The second-order valence-corrected chi connectivity index (χ2v) is 29.5. The Morgan fingerprint density at radius 2 is 0.490 bits per heavy atom. The summed E-state index contributed by atoms with van der Waals surface area (Å²) in [5.41, 5.74) is 0. The molecule has 0 radical (unpaired) electrons. The molecule has 0 saturated heterocycles. The molecule has 0 bridgehead atoms. The Kier molecular flexibility index (Phi) is 71.8. The summed E-state index contributed by atoms with van der Waals surface area (Å²) in [5, 5.41) is 10.6. The minimum atomic E-state index is -4.99. The molecule has 0 rings (SSSR count). The van der Waals surface area contributed by atoms with E-state index in [9.17, 15) is 43.2 Å². The molecule has 0 saturated carbocycles. The number of carbonyl (C=O) groups excluding carboxylic acids is 4. The highest BCUT2D eigenvalue weighted by molar-refractivity contribution is 7.47. The maximum absolute atomic E-state index is 13.1. The van der Waals surface area contributed by atoms with Gasteiger partial charge in [-0.3, -0.25) is 37.3 Å². The Labute approximate surface area is 619 Å². The van der Waals surface area contributed by atoms with Gasteiger partial charge < -0.3 is 33.8 Å². The first-order valence-corrected chi connectivity index (χ1v) is 43.1. The molecule has 0 spiro atoms. The van der Waals surface area contributed by atoms with Gasteiger partial charge >= 0.3 is 39.5 Å². The molecule has 0 aromatic heterocycles. The summed E-state index contributed by atoms with van der Waals surface area (Å²) < 4.78 is 68.5. The van der Waals surface area contributed by atoms with E-state index in [1.807, 2.05) is 12.2 Å². The molecule has 0 aromatic rings. The molecule has 19 heteroatoms. The summed E-state index contributed by atoms with van der Waals surface area (Å²) in [5.74, 6) is -2.27. The van der Waals surface area contributed by atoms with Crippen LogP contribution in [-0.4, -0.2) is 96.7 Å². The highest BCUT2D eigenvalue weighted by Crippen LogP contribution is 2.45. The molecule has 0 heterocycles. The van der Waals surface area contributed by atoms with Crippen LogP contribution in [0.5, 0.6) is 0 Å². The van der Waals surface area contributed by atoms with Crippen molar-refractivity contribution in [1.29, 1.82) is 0 Å². The normalized spacial score (nSPS) is 14.5. The highest BCUT2D eigenvalue weighted by Gasteiger charge is 2.30. The number of carbonyl (C=O) groups is 4. The third-order valence-corrected chi connectivity index (χ3v) is 18.6. The van der Waals surface area contributed by atoms with Gasteiger partial charge in [0.1, 0.15) is 19.3 Å². The van der Waals surface area contributed by atoms with Crippen molar-refractivity contribution in [1.82, 2.24) is 0 Å². The predicted octanol–water partition coefficient (Wildman–Crippen LogP) is 23.3. The fourth-order valence-corrected chi connectivity index (χ4v) is 12.1. The third-order valence-electron chi connectivity index (χ3n) is 16.7. The van der Waals surface area contributed by atoms with E-state index in [1.54, 1.807) is 0 Å². The summed E-state index contributed by atoms with van der Waals surface area (Å²) in [6.07, 6.45) is 80.7. The van der Waals surface area contributed by atoms with Crippen molar-refractivity contribution in [3.63, 3.8) is 0 Å². The van der Waals surface area contributed by atoms with Crippen LogP contribution in [0.15, 0.2) is 109 Å². The SMILES string of the molecule is CCCCCC=CCC=CCCCCCCCC(=O)OC[C@H](COP(=O)(O)OCC(O)COP(=O)(O)OC[C@@H](COC(=O)CCCC=CCC=CCC=CCCCCCCCC)OC(=O)CCCCCCCC=CCC=CCCCCC)OC(=O)CCCCCCCC=CCC=CCCCCC. The Morgan fingerprint density at radius 1 is 0.275 bits per heavy atom. The van der Waals surface area contributed by atoms with Crippen molar-refractivity contribution >= 4 is 39.5 Å². The number of phosphoric acid groups is 2. The lowest BCUT2D eigenvalue weighted by molar-refractivity contribution is -0.161. The van der Waals surface area contributed by atoms with Gasteiger partial charge in [-0.05, 0) is 154 Å². The Bertz CT molecular complexity index is 2360. The van der Waals surface area contributed by atoms with E-state index in [0.29, 0.717) is 32.1 Å². The molecule has 3 unspecified atom stereocenters. The molecular weight excluding hydrogens is 1330 g/mol. The zero-order valence-electron chi connectivity index (χ0n) is 64.3. The average Bonchev–Trinajstić information content (AvgIpc) is 0.926. The van der Waals surface area contributed by atoms with Crippen molar-refractivity contribution in [2.75, 3.05) is 39.6 Å². The molecule has 0 fully saturated rings. The topological polar surface area (TPSA) is 237 Å². The van der Waals surface area contributed by atoms with Crippen LogP contribution in [0.2, 0.25) is 0 Å². The Balaban J connectivity index is 5.43. The lowest BCUT2D eigenvalue weighted by Crippen LogP contribution is -2.30. The van der Waals surface area contributed by atoms with Gasteiger partial charge in [0.05, 0.1) is 26.4 Å². The quantitative estimate of drug-likeness (QED) is 0.0169. The summed E-state index contributed by atoms with van der Waals surface area (Å²) in [6, 6.07) is 0. The molecule has 0 aliphatic heterocycles. The van der Waals surface area contributed by atoms with Crippen molar-refractivity contribution in [3.8, 4) is 0 Å². The van der Waals surface area contributed by atoms with Gasteiger partial charge in [0.25, 0.3) is 0 Å². The number of phosphoric ester groups is 2. The first-order chi connectivity index (χ1) is 49.7. The average molecular weight is 1480 g/mol. The van der Waals surface area contributed by atoms with Gasteiger partial charge in [0.15, 0.2) is 12.2 Å². The van der Waals surface area contributed by atoms with E-state index in [2.05, 4.69) is 125 Å². The highest BCUT2D eigenvalue weighted by atomic mass is 31.2. The van der Waals surface area contributed by atoms with Crippen LogP contribution in [0.4, 0.5) is 0 Å². The maximum Gasteiger partial charge on any atom is 0.472 e. The van der Waals surface area contributed by atoms with E-state index in [4.69, 9.17) is 37.0 Å². The van der Waals surface area contributed by atoms with Crippen LogP contribution < -0.4 is 0 Å². The smallest absolute Gasteiger partial charge is 0.462 e. The van der Waals surface area contributed by atoms with Gasteiger partial charge in [-0.15, -0.1) is 0 Å². The molecule has 0 aliphatic rings. The zero-order chi connectivity index (χ0) is 74.6. The number of ether oxygens (including phenoxy) is 4. The van der Waals surface area contributed by atoms with E-state index in [1.165, 1.54) is 96.3 Å². The van der Waals surface area contributed by atoms with Crippen LogP contribution in [0.3, 0.4) is 0 Å². The maximum atomic E-state index is 13.1. The molecule has 0 aromatic carbocycles. The van der Waals surface area contributed by atoms with Crippen molar-refractivity contribution in [3.05, 3.63) is 109 Å². The minimum absolute atomic E-state index is 0.0672. The van der Waals surface area contributed by atoms with E-state index < -0.39 is 97.5 Å². The molecule has 102 heavy (non-hydrogen) atoms. The van der Waals surface area contributed by atoms with Crippen LogP contribution in [0.25, 0.3) is 0 Å². The van der Waals surface area contributed by atoms with Crippen molar-refractivity contribution in [2.24, 2.45) is 0 Å². The number of allylic oxidation sites excluding steroid dienone is 18. The molecule has 5 atom stereocenters. The van der Waals surface area contributed by atoms with Crippen molar-refractivity contribution in [2.45, 2.75) is 354 Å². The van der Waals surface area contributed by atoms with E-state index in [0.717, 1.165) is 154 Å². The number of hydrogen-bond donors (Lipinski definition) is 3. The lowest BCUT2D eigenvalue weighted by Gasteiger charge is -2.21. The zero-order valence-corrected chi connectivity index (χ0v) is 66.0. The standard InChI is InChI=1S/C83H144O17P2/c1-5-9-13-17-21-25-29-33-37-38-42-44-48-52-56-60-64-68-81(86)94-74-79(100-83(88)70-66-62-58-54-50-46-41-36-32-28-24-20-16-12-8-4)76-98-102(91,92)96-72-77(84)71-95-101(89,90)97-75-78(99-82(87)69-65-61-57-53-49-45-40-35-31-27-23-19-15-11-7-3)73-93-80(85)67-63-59-55-51-47-43-39-34-30-26-22-18-14-10-6-2/h22-24,26-28,33-37,39-42,44,52,56,77-79,84H,5-21,25,29-32,38,43,45-51,53-55,57-76H2,1-4H3,(H,89,90)(H,91,92)/t77?,78-,79-/m1/s1. The van der Waals surface area contributed by atoms with Gasteiger partial charge in [0, 0.05) is 25.7 Å². The first kappa shape index (κ1) is 97.7. The van der Waals surface area contributed by atoms with Crippen LogP contribution in [-0.2, 0) is 65.4 Å². The largest absolute Gasteiger partial charge is 0.472 e. The van der Waals surface area contributed by atoms with Crippen LogP contribution in [0.1, 0.15) is 336 Å². The van der Waals surface area contributed by atoms with Gasteiger partial charge in [-0.2, -0.15) is 0 Å². The predicted molar refractivity (Wildman–Crippen MR) is 418 cm³/mol. The number of unbranched alkanes of at least 4 members (excludes halogenated alkanes) is 31. The van der Waals surface area contributed by atoms with Gasteiger partial charge in [-0.25, -0.2) is 9.13 Å². The third kappa shape index (κ3) is 74.0. The first-order valence-electron chi connectivity index (χ1n) is 40.1. The van der Waals surface area contributed by atoms with E-state index >= 15 is 0 Å². The van der Waals surface area contributed by atoms with Gasteiger partial charge in [0.2, 0.25) is 0 Å². The summed E-state index contributed by atoms with van der Waals surface area (Å²) >= 11 is 0. The molecule has 588 valence electrons. The molecule has 17 nitrogen and oxygen atoms in total. The Hall–Kier alpha value is -4.28. The Morgan fingerprint density at radius 3 is 0.794 bits per heavy atom. The summed E-state index contributed by atoms with van der Waals surface area (Å²) in [7, 11) is -9.98. The molecule has 3 N–H and O–H groups in total. The fourth-order valence-electron chi connectivity index (χ4n) is 10.5. The second kappa shape index (κ2) is 75.0. The fraction of sp³-hybridized carbons (Fsp3) is 0.735. The number of aliphatic hydroxyl groups excluding tert-OH is 1. The van der Waals surface area contributed by atoms with Gasteiger partial charge in [-0.1, -0.05) is 265 Å². The van der Waals surface area contributed by atoms with Crippen molar-refractivity contribution < 1.29 is 80.2 Å². The lowest BCUT2D eigenvalue weighted by atomic mass is 10.1. The van der Waals surface area contributed by atoms with Crippen LogP contribution in [0, 0.1) is 0 Å². The van der Waals surface area contributed by atoms with E-state index in [-0.39, 0.29) is 25.7 Å². The second-order valence-electron chi connectivity index (χ2n) is 26.6. The number of hydrogen-bond acceptors (Lipinski definition) is 15. The molecule has 0 aliphatic carbocycles. The molecular formula is C83H144O17P2. The number of rotatable bonds is 75. The number of esters is 4. The summed E-state index contributed by atoms with van der Waals surface area (Å²) in [6.45, 7) is 4.71. The molecule has 0 amide bonds.